The van der Waals surface area contributed by atoms with E-state index >= 15 is 0 Å². The predicted octanol–water partition coefficient (Wildman–Crippen LogP) is 3.90. The molecule has 10 nitrogen and oxygen atoms in total. The third-order valence-corrected chi connectivity index (χ3v) is 7.67. The van der Waals surface area contributed by atoms with Crippen molar-refractivity contribution in [3.8, 4) is 0 Å². The monoisotopic (exact) mass is 551 g/mol. The summed E-state index contributed by atoms with van der Waals surface area (Å²) in [6, 6.07) is 18.2. The zero-order valence-electron chi connectivity index (χ0n) is 22.2. The summed E-state index contributed by atoms with van der Waals surface area (Å²) in [5.74, 6) is -0.472. The first kappa shape index (κ1) is 28.2. The Labute approximate surface area is 228 Å². The van der Waals surface area contributed by atoms with E-state index in [1.165, 1.54) is 12.1 Å². The average molecular weight is 552 g/mol. The molecule has 0 aliphatic rings. The number of esters is 1. The molecule has 0 amide bonds. The Kier molecular flexibility index (Phi) is 8.63. The van der Waals surface area contributed by atoms with E-state index in [0.717, 1.165) is 0 Å². The van der Waals surface area contributed by atoms with Gasteiger partial charge in [-0.25, -0.2) is 23.2 Å². The van der Waals surface area contributed by atoms with Gasteiger partial charge in [0.15, 0.2) is 11.3 Å². The molecule has 0 spiro atoms. The van der Waals surface area contributed by atoms with Crippen LogP contribution < -0.4 is 10.0 Å². The molecule has 1 unspecified atom stereocenters. The molecule has 0 fully saturated rings. The highest BCUT2D eigenvalue weighted by Crippen LogP contribution is 2.22. The number of β-amino-alcohol motifs (C(OH)–C–C–N with tert-alkyl or cyclic N) is 1. The summed E-state index contributed by atoms with van der Waals surface area (Å²) in [4.78, 5) is 21.1. The minimum Gasteiger partial charge on any atom is -0.461 e. The lowest BCUT2D eigenvalue weighted by Crippen LogP contribution is -2.42. The maximum absolute atomic E-state index is 12.7. The molecule has 0 aliphatic carbocycles. The highest BCUT2D eigenvalue weighted by atomic mass is 32.2. The van der Waals surface area contributed by atoms with Gasteiger partial charge in [0.05, 0.1) is 23.9 Å². The molecular weight excluding hydrogens is 518 g/mol. The zero-order chi connectivity index (χ0) is 28.0. The SMILES string of the molecule is CCOC(=O)c1ccc2ncn(CCC(C)(C)NCC(O)c3cccc(NS(=O)(=O)c4ccccc4)c3)c2n1. The van der Waals surface area contributed by atoms with E-state index in [2.05, 4.69) is 20.0 Å². The Morgan fingerprint density at radius 3 is 2.62 bits per heavy atom. The number of aliphatic hydroxyl groups is 1. The fraction of sp³-hybridized carbons (Fsp3) is 0.321. The number of aliphatic hydroxyl groups excluding tert-OH is 1. The van der Waals surface area contributed by atoms with E-state index in [4.69, 9.17) is 4.74 Å². The van der Waals surface area contributed by atoms with Gasteiger partial charge in [-0.2, -0.15) is 0 Å². The normalized spacial score (nSPS) is 12.8. The fourth-order valence-electron chi connectivity index (χ4n) is 4.02. The molecule has 11 heteroatoms. The smallest absolute Gasteiger partial charge is 0.357 e. The number of nitrogens with one attached hydrogen (secondary N) is 2. The van der Waals surface area contributed by atoms with Crippen molar-refractivity contribution >= 4 is 32.8 Å². The number of anilines is 1. The molecule has 4 aromatic rings. The molecule has 2 aromatic heterocycles. The van der Waals surface area contributed by atoms with Crippen LogP contribution in [0.25, 0.3) is 11.2 Å². The van der Waals surface area contributed by atoms with Crippen molar-refractivity contribution in [2.24, 2.45) is 0 Å². The number of carbonyl (C=O) groups is 1. The number of benzene rings is 2. The molecule has 0 aliphatic heterocycles. The third-order valence-electron chi connectivity index (χ3n) is 6.28. The first-order valence-corrected chi connectivity index (χ1v) is 14.2. The average Bonchev–Trinajstić information content (AvgIpc) is 3.33. The summed E-state index contributed by atoms with van der Waals surface area (Å²) in [5.41, 5.74) is 2.13. The number of rotatable bonds is 12. The topological polar surface area (TPSA) is 135 Å². The van der Waals surface area contributed by atoms with Gasteiger partial charge < -0.3 is 19.7 Å². The second-order valence-electron chi connectivity index (χ2n) is 9.77. The quantitative estimate of drug-likeness (QED) is 0.226. The predicted molar refractivity (Wildman–Crippen MR) is 149 cm³/mol. The van der Waals surface area contributed by atoms with Crippen molar-refractivity contribution in [1.29, 1.82) is 0 Å². The Morgan fingerprint density at radius 2 is 1.87 bits per heavy atom. The maximum Gasteiger partial charge on any atom is 0.357 e. The molecule has 4 rings (SSSR count). The summed E-state index contributed by atoms with van der Waals surface area (Å²) >= 11 is 0. The molecule has 0 radical (unpaired) electrons. The minimum atomic E-state index is -3.73. The molecule has 206 valence electrons. The summed E-state index contributed by atoms with van der Waals surface area (Å²) in [5, 5.41) is 14.2. The second-order valence-corrected chi connectivity index (χ2v) is 11.5. The van der Waals surface area contributed by atoms with Gasteiger partial charge >= 0.3 is 5.97 Å². The van der Waals surface area contributed by atoms with Crippen LogP contribution in [0.15, 0.2) is 78.0 Å². The molecule has 3 N–H and O–H groups in total. The van der Waals surface area contributed by atoms with Gasteiger partial charge in [0, 0.05) is 24.3 Å². The van der Waals surface area contributed by atoms with E-state index in [9.17, 15) is 18.3 Å². The van der Waals surface area contributed by atoms with Crippen LogP contribution in [0.4, 0.5) is 5.69 Å². The van der Waals surface area contributed by atoms with Crippen molar-refractivity contribution in [3.63, 3.8) is 0 Å². The van der Waals surface area contributed by atoms with Crippen LogP contribution in [-0.2, 0) is 21.3 Å². The summed E-state index contributed by atoms with van der Waals surface area (Å²) in [7, 11) is -3.73. The minimum absolute atomic E-state index is 0.164. The van der Waals surface area contributed by atoms with E-state index in [1.54, 1.807) is 67.8 Å². The molecular formula is C28H33N5O5S. The van der Waals surface area contributed by atoms with E-state index < -0.39 is 22.1 Å². The molecule has 0 bridgehead atoms. The molecule has 1 atom stereocenters. The summed E-state index contributed by atoms with van der Waals surface area (Å²) in [6.45, 7) is 6.93. The lowest BCUT2D eigenvalue weighted by atomic mass is 9.99. The van der Waals surface area contributed by atoms with Gasteiger partial charge in [0.2, 0.25) is 0 Å². The van der Waals surface area contributed by atoms with E-state index in [0.29, 0.717) is 35.4 Å². The van der Waals surface area contributed by atoms with Crippen LogP contribution in [0.1, 0.15) is 49.3 Å². The lowest BCUT2D eigenvalue weighted by Gasteiger charge is -2.28. The van der Waals surface area contributed by atoms with Crippen LogP contribution in [0.2, 0.25) is 0 Å². The summed E-state index contributed by atoms with van der Waals surface area (Å²) in [6.07, 6.45) is 1.53. The number of pyridine rings is 1. The van der Waals surface area contributed by atoms with Crippen LogP contribution in [-0.4, -0.2) is 52.7 Å². The Hall–Kier alpha value is -3.80. The van der Waals surface area contributed by atoms with Crippen molar-refractivity contribution in [3.05, 3.63) is 84.3 Å². The van der Waals surface area contributed by atoms with Crippen molar-refractivity contribution in [2.75, 3.05) is 17.9 Å². The zero-order valence-corrected chi connectivity index (χ0v) is 23.0. The number of imidazole rings is 1. The number of hydrogen-bond donors (Lipinski definition) is 3. The number of carbonyl (C=O) groups excluding carboxylic acids is 1. The molecule has 2 heterocycles. The van der Waals surface area contributed by atoms with Crippen molar-refractivity contribution in [1.82, 2.24) is 19.9 Å². The number of aromatic nitrogens is 3. The van der Waals surface area contributed by atoms with Crippen LogP contribution in [0.3, 0.4) is 0 Å². The number of ether oxygens (including phenoxy) is 1. The first-order chi connectivity index (χ1) is 18.6. The number of nitrogens with zero attached hydrogens (tertiary/aromatic N) is 3. The van der Waals surface area contributed by atoms with Gasteiger partial charge in [-0.15, -0.1) is 0 Å². The van der Waals surface area contributed by atoms with Crippen LogP contribution >= 0.6 is 0 Å². The van der Waals surface area contributed by atoms with Gasteiger partial charge in [-0.05, 0) is 69.2 Å². The van der Waals surface area contributed by atoms with Gasteiger partial charge in [-0.1, -0.05) is 30.3 Å². The molecule has 0 saturated heterocycles. The number of aryl methyl sites for hydroxylation is 1. The fourth-order valence-corrected chi connectivity index (χ4v) is 5.09. The highest BCUT2D eigenvalue weighted by molar-refractivity contribution is 7.92. The molecule has 2 aromatic carbocycles. The number of hydrogen-bond acceptors (Lipinski definition) is 8. The molecule has 0 saturated carbocycles. The first-order valence-electron chi connectivity index (χ1n) is 12.7. The number of sulfonamides is 1. The van der Waals surface area contributed by atoms with Gasteiger partial charge in [-0.3, -0.25) is 4.72 Å². The van der Waals surface area contributed by atoms with Crippen LogP contribution in [0, 0.1) is 0 Å². The van der Waals surface area contributed by atoms with Gasteiger partial charge in [0.25, 0.3) is 10.0 Å². The Bertz CT molecular complexity index is 1540. The highest BCUT2D eigenvalue weighted by Gasteiger charge is 2.21. The van der Waals surface area contributed by atoms with Crippen LogP contribution in [0.5, 0.6) is 0 Å². The Balaban J connectivity index is 1.36. The maximum atomic E-state index is 12.7. The van der Waals surface area contributed by atoms with Crippen molar-refractivity contribution in [2.45, 2.75) is 50.3 Å². The summed E-state index contributed by atoms with van der Waals surface area (Å²) < 4.78 is 34.8. The van der Waals surface area contributed by atoms with Gasteiger partial charge in [0.1, 0.15) is 5.52 Å². The number of fused-ring (bicyclic) bond motifs is 1. The Morgan fingerprint density at radius 1 is 1.10 bits per heavy atom. The van der Waals surface area contributed by atoms with E-state index in [1.807, 2.05) is 18.4 Å². The third kappa shape index (κ3) is 7.20. The van der Waals surface area contributed by atoms with Crippen molar-refractivity contribution < 1.29 is 23.1 Å². The standard InChI is InChI=1S/C28H33N5O5S/c1-4-38-27(35)24-14-13-23-26(31-24)33(19-29-23)16-15-28(2,3)30-18-25(34)20-9-8-10-21(17-20)32-39(36,37)22-11-6-5-7-12-22/h5-14,17,19,25,30,32,34H,4,15-16,18H2,1-3H3. The second kappa shape index (κ2) is 11.9. The molecule has 39 heavy (non-hydrogen) atoms. The largest absolute Gasteiger partial charge is 0.461 e. The lowest BCUT2D eigenvalue weighted by molar-refractivity contribution is 0.0520. The van der Waals surface area contributed by atoms with E-state index in [-0.39, 0.29) is 29.3 Å².